The van der Waals surface area contributed by atoms with E-state index in [0.717, 1.165) is 61.3 Å². The summed E-state index contributed by atoms with van der Waals surface area (Å²) >= 11 is 10.6. The molecule has 0 aliphatic rings. The van der Waals surface area contributed by atoms with Gasteiger partial charge in [-0.1, -0.05) is 15.9 Å². The largest absolute Gasteiger partial charge is 1.00 e. The zero-order chi connectivity index (χ0) is 19.2. The maximum atomic E-state index is 5.92. The summed E-state index contributed by atoms with van der Waals surface area (Å²) in [6.07, 6.45) is 4.70. The Hall–Kier alpha value is 0.180. The molecule has 1 heterocycles. The van der Waals surface area contributed by atoms with Crippen LogP contribution in [0.3, 0.4) is 0 Å². The highest BCUT2D eigenvalue weighted by molar-refractivity contribution is 9.11. The molecule has 0 aliphatic heterocycles. The number of aryl methyl sites for hydroxylation is 1. The van der Waals surface area contributed by atoms with Crippen LogP contribution in [0, 0.1) is 6.92 Å². The monoisotopic (exact) mass is 629 g/mol. The molecule has 2 rings (SSSR count). The minimum Gasteiger partial charge on any atom is -1.00 e. The lowest BCUT2D eigenvalue weighted by Crippen LogP contribution is -3.00. The number of halogens is 4. The molecule has 0 N–H and O–H groups in total. The van der Waals surface area contributed by atoms with Crippen LogP contribution in [0.2, 0.25) is 0 Å². The summed E-state index contributed by atoms with van der Waals surface area (Å²) in [5.41, 5.74) is 0. The molecule has 0 atom stereocenters. The summed E-state index contributed by atoms with van der Waals surface area (Å²) in [5.74, 6) is 2.94. The number of unbranched alkanes of at least 4 members (excludes halogenated alkanes) is 3. The van der Waals surface area contributed by atoms with E-state index in [4.69, 9.17) is 9.15 Å². The molecule has 1 aromatic carbocycles. The Balaban J connectivity index is 0.00000364. The molecule has 0 unspecified atom stereocenters. The molecule has 0 fully saturated rings. The molecule has 0 saturated carbocycles. The second kappa shape index (κ2) is 12.0. The summed E-state index contributed by atoms with van der Waals surface area (Å²) in [6, 6.07) is 8.13. The number of nitrogens with zero attached hydrogens (tertiary/aromatic N) is 1. The Morgan fingerprint density at radius 1 is 0.963 bits per heavy atom. The quantitative estimate of drug-likeness (QED) is 0.291. The Kier molecular flexibility index (Phi) is 11.2. The Morgan fingerprint density at radius 2 is 1.59 bits per heavy atom. The standard InChI is InChI=1S/C20H27Br3NO2.BrH/c1-15-8-9-17(26-15)14-24(2,3)10-6-4-5-7-11-25-20-18(22)12-16(21)13-19(20)23;/h8-9,12-13H,4-7,10-11,14H2,1-3H3;1H/q+1;/p-1. The molecule has 27 heavy (non-hydrogen) atoms. The van der Waals surface area contributed by atoms with Gasteiger partial charge in [-0.25, -0.2) is 0 Å². The van der Waals surface area contributed by atoms with Crippen LogP contribution in [0.4, 0.5) is 0 Å². The fourth-order valence-corrected chi connectivity index (χ4v) is 5.40. The van der Waals surface area contributed by atoms with E-state index in [0.29, 0.717) is 0 Å². The first-order valence-electron chi connectivity index (χ1n) is 8.91. The third-order valence-electron chi connectivity index (χ3n) is 4.25. The van der Waals surface area contributed by atoms with Crippen LogP contribution in [-0.4, -0.2) is 31.7 Å². The highest BCUT2D eigenvalue weighted by atomic mass is 79.9. The molecule has 1 aromatic heterocycles. The second-order valence-electron chi connectivity index (χ2n) is 7.29. The first-order valence-corrected chi connectivity index (χ1v) is 11.3. The first-order chi connectivity index (χ1) is 12.3. The van der Waals surface area contributed by atoms with Crippen molar-refractivity contribution >= 4 is 47.8 Å². The minimum atomic E-state index is 0. The van der Waals surface area contributed by atoms with Crippen molar-refractivity contribution in [2.45, 2.75) is 39.2 Å². The van der Waals surface area contributed by atoms with Crippen LogP contribution in [0.25, 0.3) is 0 Å². The van der Waals surface area contributed by atoms with Crippen LogP contribution in [0.5, 0.6) is 5.75 Å². The molecule has 152 valence electrons. The lowest BCUT2D eigenvalue weighted by molar-refractivity contribution is -0.904. The van der Waals surface area contributed by atoms with E-state index in [1.165, 1.54) is 19.3 Å². The van der Waals surface area contributed by atoms with E-state index in [9.17, 15) is 0 Å². The highest BCUT2D eigenvalue weighted by Crippen LogP contribution is 2.36. The van der Waals surface area contributed by atoms with Crippen molar-refractivity contribution in [3.8, 4) is 5.75 Å². The fourth-order valence-electron chi connectivity index (χ4n) is 2.91. The van der Waals surface area contributed by atoms with Gasteiger partial charge in [-0.3, -0.25) is 0 Å². The van der Waals surface area contributed by atoms with Crippen molar-refractivity contribution in [2.75, 3.05) is 27.2 Å². The zero-order valence-electron chi connectivity index (χ0n) is 16.0. The molecule has 7 heteroatoms. The van der Waals surface area contributed by atoms with Gasteiger partial charge in [0.15, 0.2) is 5.76 Å². The highest BCUT2D eigenvalue weighted by Gasteiger charge is 2.17. The maximum Gasteiger partial charge on any atom is 0.158 e. The number of hydrogen-bond acceptors (Lipinski definition) is 2. The molecule has 0 saturated heterocycles. The minimum absolute atomic E-state index is 0. The molecule has 0 aliphatic carbocycles. The molecule has 0 spiro atoms. The van der Waals surface area contributed by atoms with Crippen molar-refractivity contribution in [1.82, 2.24) is 0 Å². The van der Waals surface area contributed by atoms with Gasteiger partial charge >= 0.3 is 0 Å². The van der Waals surface area contributed by atoms with Crippen LogP contribution >= 0.6 is 47.8 Å². The van der Waals surface area contributed by atoms with Crippen molar-refractivity contribution < 1.29 is 30.6 Å². The number of furan rings is 1. The average Bonchev–Trinajstić information content (AvgIpc) is 2.92. The molecule has 0 amide bonds. The van der Waals surface area contributed by atoms with Gasteiger partial charge in [0.05, 0.1) is 36.2 Å². The van der Waals surface area contributed by atoms with Crippen LogP contribution in [0.1, 0.15) is 37.2 Å². The van der Waals surface area contributed by atoms with Gasteiger partial charge in [-0.15, -0.1) is 0 Å². The molecule has 0 radical (unpaired) electrons. The van der Waals surface area contributed by atoms with Gasteiger partial charge < -0.3 is 30.6 Å². The molecule has 3 nitrogen and oxygen atoms in total. The summed E-state index contributed by atoms with van der Waals surface area (Å²) in [4.78, 5) is 0. The second-order valence-corrected chi connectivity index (χ2v) is 9.92. The van der Waals surface area contributed by atoms with Gasteiger partial charge in [0.2, 0.25) is 0 Å². The van der Waals surface area contributed by atoms with Crippen molar-refractivity contribution in [3.05, 3.63) is 49.2 Å². The molecule has 0 bridgehead atoms. The number of hydrogen-bond donors (Lipinski definition) is 0. The normalized spacial score (nSPS) is 11.3. The number of quaternary nitrogens is 1. The predicted molar refractivity (Wildman–Crippen MR) is 118 cm³/mol. The van der Waals surface area contributed by atoms with E-state index in [1.807, 2.05) is 25.1 Å². The third kappa shape index (κ3) is 9.03. The van der Waals surface area contributed by atoms with Gasteiger partial charge in [-0.05, 0) is 88.7 Å². The van der Waals surface area contributed by atoms with E-state index < -0.39 is 0 Å². The number of benzene rings is 1. The lowest BCUT2D eigenvalue weighted by atomic mass is 10.2. The van der Waals surface area contributed by atoms with Crippen molar-refractivity contribution in [2.24, 2.45) is 0 Å². The van der Waals surface area contributed by atoms with Crippen molar-refractivity contribution in [3.63, 3.8) is 0 Å². The van der Waals surface area contributed by atoms with E-state index in [-0.39, 0.29) is 17.0 Å². The van der Waals surface area contributed by atoms with Crippen molar-refractivity contribution in [1.29, 1.82) is 0 Å². The predicted octanol–water partition coefficient (Wildman–Crippen LogP) is 4.10. The fraction of sp³-hybridized carbons (Fsp3) is 0.500. The first kappa shape index (κ1) is 25.2. The Labute approximate surface area is 198 Å². The molecule has 2 aromatic rings. The van der Waals surface area contributed by atoms with Crippen LogP contribution in [0.15, 0.2) is 42.1 Å². The Bertz CT molecular complexity index is 693. The van der Waals surface area contributed by atoms with Crippen LogP contribution < -0.4 is 21.7 Å². The van der Waals surface area contributed by atoms with Gasteiger partial charge in [-0.2, -0.15) is 0 Å². The number of rotatable bonds is 10. The Morgan fingerprint density at radius 3 is 2.19 bits per heavy atom. The maximum absolute atomic E-state index is 5.92. The van der Waals surface area contributed by atoms with Gasteiger partial charge in [0.1, 0.15) is 18.1 Å². The van der Waals surface area contributed by atoms with E-state index in [2.05, 4.69) is 68.0 Å². The summed E-state index contributed by atoms with van der Waals surface area (Å²) in [5, 5.41) is 0. The zero-order valence-corrected chi connectivity index (χ0v) is 22.4. The molecular weight excluding hydrogens is 606 g/mol. The van der Waals surface area contributed by atoms with E-state index in [1.54, 1.807) is 0 Å². The van der Waals surface area contributed by atoms with Crippen LogP contribution in [-0.2, 0) is 6.54 Å². The average molecular weight is 633 g/mol. The van der Waals surface area contributed by atoms with E-state index >= 15 is 0 Å². The smallest absolute Gasteiger partial charge is 0.158 e. The lowest BCUT2D eigenvalue weighted by Gasteiger charge is -2.28. The van der Waals surface area contributed by atoms with Gasteiger partial charge in [0, 0.05) is 4.47 Å². The summed E-state index contributed by atoms with van der Waals surface area (Å²) in [6.45, 7) is 4.84. The van der Waals surface area contributed by atoms with Gasteiger partial charge in [0.25, 0.3) is 0 Å². The SMILES string of the molecule is Cc1ccc(C[N+](C)(C)CCCCCCOc2c(Br)cc(Br)cc2Br)o1.[Br-]. The molecular formula is C20H27Br4NO2. The third-order valence-corrected chi connectivity index (χ3v) is 5.88. The summed E-state index contributed by atoms with van der Waals surface area (Å²) < 4.78 is 15.5. The topological polar surface area (TPSA) is 22.4 Å². The number of ether oxygens (including phenoxy) is 1. The summed E-state index contributed by atoms with van der Waals surface area (Å²) in [7, 11) is 4.53.